The Morgan fingerprint density at radius 2 is 2.47 bits per heavy atom. The van der Waals surface area contributed by atoms with E-state index in [4.69, 9.17) is 5.73 Å². The number of rotatable bonds is 4. The van der Waals surface area contributed by atoms with Gasteiger partial charge in [0.2, 0.25) is 0 Å². The second kappa shape index (κ2) is 5.78. The first-order valence-electron chi connectivity index (χ1n) is 5.97. The molecule has 1 aromatic rings. The Kier molecular flexibility index (Phi) is 4.34. The summed E-state index contributed by atoms with van der Waals surface area (Å²) in [7, 11) is 0. The predicted octanol–water partition coefficient (Wildman–Crippen LogP) is 2.73. The van der Waals surface area contributed by atoms with Crippen LogP contribution >= 0.6 is 23.1 Å². The predicted molar refractivity (Wildman–Crippen MR) is 75.8 cm³/mol. The van der Waals surface area contributed by atoms with E-state index in [1.807, 2.05) is 17.1 Å². The molecule has 1 aliphatic rings. The van der Waals surface area contributed by atoms with Gasteiger partial charge in [-0.25, -0.2) is 0 Å². The lowest BCUT2D eigenvalue weighted by molar-refractivity contribution is 0.0943. The first-order valence-corrected chi connectivity index (χ1v) is 7.90. The van der Waals surface area contributed by atoms with Gasteiger partial charge in [-0.1, -0.05) is 13.3 Å². The number of anilines is 1. The molecule has 94 valence electrons. The van der Waals surface area contributed by atoms with Gasteiger partial charge in [0.15, 0.2) is 0 Å². The molecule has 3 N–H and O–H groups in total. The van der Waals surface area contributed by atoms with Gasteiger partial charge in [0.1, 0.15) is 4.88 Å². The molecular formula is C12H18N2OS2. The number of carbonyl (C=O) groups excluding carboxylic acids is 1. The van der Waals surface area contributed by atoms with E-state index in [0.29, 0.717) is 21.9 Å². The molecule has 5 heteroatoms. The summed E-state index contributed by atoms with van der Waals surface area (Å²) < 4.78 is 0. The molecule has 1 heterocycles. The third kappa shape index (κ3) is 2.96. The minimum absolute atomic E-state index is 0.00824. The van der Waals surface area contributed by atoms with Gasteiger partial charge in [0.25, 0.3) is 5.91 Å². The van der Waals surface area contributed by atoms with Crippen LogP contribution in [-0.4, -0.2) is 23.0 Å². The highest BCUT2D eigenvalue weighted by molar-refractivity contribution is 7.99. The van der Waals surface area contributed by atoms with Crippen LogP contribution in [-0.2, 0) is 0 Å². The lowest BCUT2D eigenvalue weighted by Gasteiger charge is -2.19. The Bertz CT molecular complexity index is 392. The molecule has 2 atom stereocenters. The van der Waals surface area contributed by atoms with Crippen molar-refractivity contribution in [1.82, 2.24) is 5.32 Å². The average Bonchev–Trinajstić information content (AvgIpc) is 2.89. The molecule has 0 bridgehead atoms. The summed E-state index contributed by atoms with van der Waals surface area (Å²) in [6, 6.07) is 2.10. The highest BCUT2D eigenvalue weighted by Crippen LogP contribution is 2.30. The van der Waals surface area contributed by atoms with Crippen LogP contribution in [0.25, 0.3) is 0 Å². The van der Waals surface area contributed by atoms with Gasteiger partial charge in [0.05, 0.1) is 5.69 Å². The second-order valence-corrected chi connectivity index (χ2v) is 6.64. The molecule has 17 heavy (non-hydrogen) atoms. The van der Waals surface area contributed by atoms with Crippen molar-refractivity contribution in [2.75, 3.05) is 11.5 Å². The zero-order chi connectivity index (χ0) is 12.3. The van der Waals surface area contributed by atoms with Crippen LogP contribution in [0.15, 0.2) is 11.4 Å². The van der Waals surface area contributed by atoms with Crippen LogP contribution < -0.4 is 11.1 Å². The third-order valence-electron chi connectivity index (χ3n) is 3.05. The highest BCUT2D eigenvalue weighted by atomic mass is 32.2. The molecular weight excluding hydrogens is 252 g/mol. The van der Waals surface area contributed by atoms with Crippen LogP contribution in [0.3, 0.4) is 0 Å². The number of carbonyl (C=O) groups is 1. The van der Waals surface area contributed by atoms with Gasteiger partial charge in [-0.05, 0) is 30.0 Å². The Hall–Kier alpha value is -0.680. The van der Waals surface area contributed by atoms with Gasteiger partial charge in [0, 0.05) is 11.3 Å². The van der Waals surface area contributed by atoms with E-state index in [1.165, 1.54) is 24.2 Å². The largest absolute Gasteiger partial charge is 0.397 e. The fourth-order valence-corrected chi connectivity index (χ4v) is 4.16. The van der Waals surface area contributed by atoms with E-state index in [2.05, 4.69) is 12.2 Å². The summed E-state index contributed by atoms with van der Waals surface area (Å²) in [5.74, 6) is 1.10. The first-order chi connectivity index (χ1) is 8.22. The van der Waals surface area contributed by atoms with Crippen molar-refractivity contribution in [3.63, 3.8) is 0 Å². The van der Waals surface area contributed by atoms with Crippen LogP contribution in [0.1, 0.15) is 35.9 Å². The van der Waals surface area contributed by atoms with Gasteiger partial charge in [-0.15, -0.1) is 11.3 Å². The number of nitrogens with two attached hydrogens (primary N) is 1. The van der Waals surface area contributed by atoms with Gasteiger partial charge in [-0.3, -0.25) is 4.79 Å². The molecule has 2 unspecified atom stereocenters. The molecule has 1 aliphatic carbocycles. The van der Waals surface area contributed by atoms with Gasteiger partial charge >= 0.3 is 0 Å². The number of thiophene rings is 1. The smallest absolute Gasteiger partial charge is 0.263 e. The van der Waals surface area contributed by atoms with Crippen LogP contribution in [0.5, 0.6) is 0 Å². The number of thioether (sulfide) groups is 1. The first kappa shape index (κ1) is 12.8. The number of nitrogen functional groups attached to an aromatic ring is 1. The average molecular weight is 270 g/mol. The van der Waals surface area contributed by atoms with E-state index < -0.39 is 0 Å². The number of hydrogen-bond acceptors (Lipinski definition) is 4. The van der Waals surface area contributed by atoms with Crippen LogP contribution in [0.2, 0.25) is 0 Å². The van der Waals surface area contributed by atoms with Crippen LogP contribution in [0, 0.1) is 0 Å². The van der Waals surface area contributed by atoms with Crippen molar-refractivity contribution in [2.45, 2.75) is 37.5 Å². The lowest BCUT2D eigenvalue weighted by Crippen LogP contribution is -2.38. The third-order valence-corrected chi connectivity index (χ3v) is 5.31. The minimum Gasteiger partial charge on any atom is -0.397 e. The summed E-state index contributed by atoms with van der Waals surface area (Å²) in [5.41, 5.74) is 6.34. The second-order valence-electron chi connectivity index (χ2n) is 4.21. The zero-order valence-corrected chi connectivity index (χ0v) is 11.6. The SMILES string of the molecule is CCSC1CCCC1NC(=O)c1sccc1N. The standard InChI is InChI=1S/C12H18N2OS2/c1-2-16-10-5-3-4-9(10)14-12(15)11-8(13)6-7-17-11/h6-7,9-10H,2-5,13H2,1H3,(H,14,15). The van der Waals surface area contributed by atoms with Crippen molar-refractivity contribution in [2.24, 2.45) is 0 Å². The van der Waals surface area contributed by atoms with Crippen molar-refractivity contribution in [3.8, 4) is 0 Å². The Labute approximate surface area is 110 Å². The zero-order valence-electron chi connectivity index (χ0n) is 9.94. The van der Waals surface area contributed by atoms with Crippen molar-refractivity contribution < 1.29 is 4.79 Å². The number of amides is 1. The quantitative estimate of drug-likeness (QED) is 0.884. The fraction of sp³-hybridized carbons (Fsp3) is 0.583. The summed E-state index contributed by atoms with van der Waals surface area (Å²) in [4.78, 5) is 12.7. The fourth-order valence-electron chi connectivity index (χ4n) is 2.24. The molecule has 0 aromatic carbocycles. The summed E-state index contributed by atoms with van der Waals surface area (Å²) >= 11 is 3.36. The van der Waals surface area contributed by atoms with E-state index >= 15 is 0 Å². The highest BCUT2D eigenvalue weighted by Gasteiger charge is 2.29. The van der Waals surface area contributed by atoms with Gasteiger partial charge < -0.3 is 11.1 Å². The molecule has 0 saturated heterocycles. The lowest BCUT2D eigenvalue weighted by atomic mass is 10.2. The maximum atomic E-state index is 12.0. The molecule has 0 spiro atoms. The number of hydrogen-bond donors (Lipinski definition) is 2. The maximum absolute atomic E-state index is 12.0. The summed E-state index contributed by atoms with van der Waals surface area (Å²) in [6.45, 7) is 2.17. The summed E-state index contributed by atoms with van der Waals surface area (Å²) in [5, 5.41) is 5.56. The van der Waals surface area contributed by atoms with E-state index in [9.17, 15) is 4.79 Å². The summed E-state index contributed by atoms with van der Waals surface area (Å²) in [6.07, 6.45) is 3.51. The molecule has 3 nitrogen and oxygen atoms in total. The minimum atomic E-state index is -0.00824. The van der Waals surface area contributed by atoms with E-state index in [0.717, 1.165) is 12.2 Å². The number of nitrogens with one attached hydrogen (secondary N) is 1. The Morgan fingerprint density at radius 3 is 3.12 bits per heavy atom. The molecule has 1 saturated carbocycles. The molecule has 2 rings (SSSR count). The van der Waals surface area contributed by atoms with Crippen molar-refractivity contribution in [1.29, 1.82) is 0 Å². The Balaban J connectivity index is 1.97. The Morgan fingerprint density at radius 1 is 1.65 bits per heavy atom. The maximum Gasteiger partial charge on any atom is 0.263 e. The normalized spacial score (nSPS) is 23.8. The van der Waals surface area contributed by atoms with Gasteiger partial charge in [-0.2, -0.15) is 11.8 Å². The van der Waals surface area contributed by atoms with Crippen LogP contribution in [0.4, 0.5) is 5.69 Å². The molecule has 0 aliphatic heterocycles. The molecule has 1 fully saturated rings. The van der Waals surface area contributed by atoms with Crippen molar-refractivity contribution >= 4 is 34.7 Å². The molecule has 0 radical (unpaired) electrons. The van der Waals surface area contributed by atoms with E-state index in [1.54, 1.807) is 6.07 Å². The molecule has 1 amide bonds. The van der Waals surface area contributed by atoms with Crippen molar-refractivity contribution in [3.05, 3.63) is 16.3 Å². The molecule has 1 aromatic heterocycles. The monoisotopic (exact) mass is 270 g/mol. The van der Waals surface area contributed by atoms with E-state index in [-0.39, 0.29) is 5.91 Å². The topological polar surface area (TPSA) is 55.1 Å².